The lowest BCUT2D eigenvalue weighted by Gasteiger charge is -2.32. The minimum absolute atomic E-state index is 0.0185. The van der Waals surface area contributed by atoms with E-state index in [-0.39, 0.29) is 18.5 Å². The summed E-state index contributed by atoms with van der Waals surface area (Å²) in [5.74, 6) is 0.595. The lowest BCUT2D eigenvalue weighted by Crippen LogP contribution is -2.48. The number of nitrogens with zero attached hydrogens (tertiary/aromatic N) is 3. The van der Waals surface area contributed by atoms with Gasteiger partial charge in [0.15, 0.2) is 0 Å². The first kappa shape index (κ1) is 19.1. The fourth-order valence-electron chi connectivity index (χ4n) is 3.87. The average Bonchev–Trinajstić information content (AvgIpc) is 3.23. The molecule has 1 aromatic heterocycles. The highest BCUT2D eigenvalue weighted by Crippen LogP contribution is 2.30. The molecule has 2 heterocycles. The second-order valence-corrected chi connectivity index (χ2v) is 8.36. The minimum Gasteiger partial charge on any atom is -0.342 e. The molecule has 7 heteroatoms. The Morgan fingerprint density at radius 3 is 2.62 bits per heavy atom. The van der Waals surface area contributed by atoms with E-state index >= 15 is 0 Å². The first-order valence-corrected chi connectivity index (χ1v) is 10.7. The van der Waals surface area contributed by atoms with Gasteiger partial charge in [-0.2, -0.15) is 0 Å². The Morgan fingerprint density at radius 2 is 1.96 bits per heavy atom. The number of hydrogen-bond acceptors (Lipinski definition) is 4. The smallest absolute Gasteiger partial charge is 0.317 e. The number of fused-ring (bicyclic) bond motifs is 1. The summed E-state index contributed by atoms with van der Waals surface area (Å²) in [5.41, 5.74) is 1.33. The Kier molecular flexibility index (Phi) is 6.51. The zero-order chi connectivity index (χ0) is 18.5. The number of likely N-dealkylation sites (N-methyl/N-ethyl adjacent to an activating group) is 1. The third kappa shape index (κ3) is 4.55. The topological polar surface area (TPSA) is 65.5 Å². The molecule has 1 aromatic rings. The maximum absolute atomic E-state index is 12.3. The van der Waals surface area contributed by atoms with Gasteiger partial charge in [-0.25, -0.2) is 9.78 Å². The molecule has 3 rings (SSSR count). The van der Waals surface area contributed by atoms with Gasteiger partial charge in [0.2, 0.25) is 5.91 Å². The predicted molar refractivity (Wildman–Crippen MR) is 103 cm³/mol. The number of thiazole rings is 1. The summed E-state index contributed by atoms with van der Waals surface area (Å²) in [5, 5.41) is 4.06. The van der Waals surface area contributed by atoms with Crippen LogP contribution in [0.25, 0.3) is 0 Å². The molecule has 0 radical (unpaired) electrons. The number of piperidine rings is 1. The molecular weight excluding hydrogens is 348 g/mol. The van der Waals surface area contributed by atoms with Crippen LogP contribution >= 0.6 is 11.3 Å². The first-order chi connectivity index (χ1) is 12.6. The van der Waals surface area contributed by atoms with E-state index in [4.69, 9.17) is 4.98 Å². The van der Waals surface area contributed by atoms with Gasteiger partial charge in [0.1, 0.15) is 0 Å². The Labute approximate surface area is 160 Å². The number of hydrogen-bond donors (Lipinski definition) is 1. The maximum Gasteiger partial charge on any atom is 0.317 e. The second-order valence-electron chi connectivity index (χ2n) is 7.19. The van der Waals surface area contributed by atoms with Crippen molar-refractivity contribution in [3.05, 3.63) is 15.6 Å². The summed E-state index contributed by atoms with van der Waals surface area (Å²) in [6.07, 6.45) is 6.70. The first-order valence-electron chi connectivity index (χ1n) is 9.88. The van der Waals surface area contributed by atoms with Crippen molar-refractivity contribution in [2.75, 3.05) is 32.7 Å². The fourth-order valence-corrected chi connectivity index (χ4v) is 5.14. The molecule has 1 aliphatic heterocycles. The van der Waals surface area contributed by atoms with E-state index in [0.717, 1.165) is 38.8 Å². The van der Waals surface area contributed by atoms with Crippen molar-refractivity contribution in [1.82, 2.24) is 20.1 Å². The molecule has 1 saturated heterocycles. The fraction of sp³-hybridized carbons (Fsp3) is 0.737. The molecule has 0 bridgehead atoms. The van der Waals surface area contributed by atoms with E-state index in [1.807, 2.05) is 30.1 Å². The van der Waals surface area contributed by atoms with Gasteiger partial charge < -0.3 is 15.1 Å². The molecule has 1 fully saturated rings. The Bertz CT molecular complexity index is 612. The van der Waals surface area contributed by atoms with Gasteiger partial charge in [0.05, 0.1) is 17.2 Å². The monoisotopic (exact) mass is 378 g/mol. The van der Waals surface area contributed by atoms with Gasteiger partial charge in [0.25, 0.3) is 0 Å². The highest BCUT2D eigenvalue weighted by atomic mass is 32.1. The molecule has 1 N–H and O–H groups in total. The third-order valence-corrected chi connectivity index (χ3v) is 6.69. The van der Waals surface area contributed by atoms with Crippen LogP contribution in [-0.2, 0) is 24.1 Å². The van der Waals surface area contributed by atoms with Crippen molar-refractivity contribution >= 4 is 23.3 Å². The van der Waals surface area contributed by atoms with Crippen LogP contribution < -0.4 is 5.32 Å². The van der Waals surface area contributed by atoms with Crippen LogP contribution in [0.2, 0.25) is 0 Å². The largest absolute Gasteiger partial charge is 0.342 e. The van der Waals surface area contributed by atoms with Crippen molar-refractivity contribution in [3.8, 4) is 0 Å². The summed E-state index contributed by atoms with van der Waals surface area (Å²) in [6, 6.07) is -0.114. The molecule has 0 atom stereocenters. The average molecular weight is 379 g/mol. The van der Waals surface area contributed by atoms with Crippen LogP contribution in [0.3, 0.4) is 0 Å². The van der Waals surface area contributed by atoms with Crippen LogP contribution in [0.5, 0.6) is 0 Å². The van der Waals surface area contributed by atoms with Crippen LogP contribution in [0.15, 0.2) is 0 Å². The highest BCUT2D eigenvalue weighted by Gasteiger charge is 2.25. The van der Waals surface area contributed by atoms with Gasteiger partial charge in [0, 0.05) is 37.5 Å². The number of aromatic nitrogens is 1. The van der Waals surface area contributed by atoms with E-state index in [1.54, 1.807) is 4.90 Å². The zero-order valence-electron chi connectivity index (χ0n) is 15.9. The Morgan fingerprint density at radius 1 is 1.23 bits per heavy atom. The van der Waals surface area contributed by atoms with E-state index < -0.39 is 0 Å². The van der Waals surface area contributed by atoms with Crippen molar-refractivity contribution in [2.45, 2.75) is 52.4 Å². The molecule has 0 unspecified atom stereocenters. The molecule has 0 spiro atoms. The molecule has 0 saturated carbocycles. The van der Waals surface area contributed by atoms with Gasteiger partial charge in [-0.1, -0.05) is 0 Å². The summed E-state index contributed by atoms with van der Waals surface area (Å²) in [6.45, 7) is 6.87. The maximum atomic E-state index is 12.3. The standard InChI is InChI=1S/C19H30N4O2S/c1-3-22(4-2)18(24)13-20-19(25)23-10-8-14(9-11-23)12-17-21-15-6-5-7-16(15)26-17/h14H,3-13H2,1-2H3,(H,20,25). The van der Waals surface area contributed by atoms with Crippen LogP contribution in [0, 0.1) is 5.92 Å². The van der Waals surface area contributed by atoms with Gasteiger partial charge >= 0.3 is 6.03 Å². The van der Waals surface area contributed by atoms with E-state index in [2.05, 4.69) is 5.32 Å². The van der Waals surface area contributed by atoms with Gasteiger partial charge in [-0.05, 0) is 51.9 Å². The Balaban J connectivity index is 1.40. The number of urea groups is 1. The van der Waals surface area contributed by atoms with Crippen LogP contribution in [0.1, 0.15) is 48.7 Å². The summed E-state index contributed by atoms with van der Waals surface area (Å²) in [4.78, 5) is 34.2. The molecule has 144 valence electrons. The molecular formula is C19H30N4O2S. The normalized spacial score (nSPS) is 17.2. The lowest BCUT2D eigenvalue weighted by molar-refractivity contribution is -0.129. The second kappa shape index (κ2) is 8.84. The molecule has 0 aromatic carbocycles. The number of nitrogens with one attached hydrogen (secondary N) is 1. The molecule has 3 amide bonds. The zero-order valence-corrected chi connectivity index (χ0v) is 16.7. The third-order valence-electron chi connectivity index (χ3n) is 5.51. The number of carbonyl (C=O) groups excluding carboxylic acids is 2. The summed E-state index contributed by atoms with van der Waals surface area (Å²) < 4.78 is 0. The number of amides is 3. The number of aryl methyl sites for hydroxylation is 2. The number of likely N-dealkylation sites (tertiary alicyclic amines) is 1. The van der Waals surface area contributed by atoms with E-state index in [9.17, 15) is 9.59 Å². The lowest BCUT2D eigenvalue weighted by atomic mass is 9.94. The van der Waals surface area contributed by atoms with Crippen molar-refractivity contribution < 1.29 is 9.59 Å². The molecule has 2 aliphatic rings. The van der Waals surface area contributed by atoms with Gasteiger partial charge in [-0.3, -0.25) is 4.79 Å². The van der Waals surface area contributed by atoms with Gasteiger partial charge in [-0.15, -0.1) is 11.3 Å². The number of carbonyl (C=O) groups is 2. The predicted octanol–water partition coefficient (Wildman–Crippen LogP) is 2.46. The van der Waals surface area contributed by atoms with Crippen molar-refractivity contribution in [1.29, 1.82) is 0 Å². The SMILES string of the molecule is CCN(CC)C(=O)CNC(=O)N1CCC(Cc2nc3c(s2)CCC3)CC1. The summed E-state index contributed by atoms with van der Waals surface area (Å²) >= 11 is 1.89. The van der Waals surface area contributed by atoms with Crippen molar-refractivity contribution in [2.24, 2.45) is 5.92 Å². The van der Waals surface area contributed by atoms with E-state index in [0.29, 0.717) is 19.0 Å². The van der Waals surface area contributed by atoms with Crippen molar-refractivity contribution in [3.63, 3.8) is 0 Å². The quantitative estimate of drug-likeness (QED) is 0.827. The summed E-state index contributed by atoms with van der Waals surface area (Å²) in [7, 11) is 0. The van der Waals surface area contributed by atoms with Crippen LogP contribution in [-0.4, -0.2) is 59.4 Å². The van der Waals surface area contributed by atoms with E-state index in [1.165, 1.54) is 28.4 Å². The Hall–Kier alpha value is -1.63. The van der Waals surface area contributed by atoms with Crippen LogP contribution in [0.4, 0.5) is 4.79 Å². The molecule has 1 aliphatic carbocycles. The minimum atomic E-state index is -0.114. The number of rotatable bonds is 6. The molecule has 6 nitrogen and oxygen atoms in total. The molecule has 26 heavy (non-hydrogen) atoms. The highest BCUT2D eigenvalue weighted by molar-refractivity contribution is 7.11.